The molecule has 0 atom stereocenters. The lowest BCUT2D eigenvalue weighted by Gasteiger charge is -2.05. The van der Waals surface area contributed by atoms with E-state index >= 15 is 0 Å². The van der Waals surface area contributed by atoms with Crippen LogP contribution in [0.2, 0.25) is 0 Å². The molecule has 5 aromatic carbocycles. The first-order valence-corrected chi connectivity index (χ1v) is 19.4. The standard InChI is InChI=1S/C18H18S.C17H18OS.C12H10/c1-2-3-4-5-8-14-11-12-16-15-9-6-7-10-17(15)19-18(16)13-14;1-2-3-6-11-18-13-9-10-15-14-7-4-5-8-16(14)19-17(15)12-13;1-4-10-7-8-11(5-2)12(6-3)9-10/h5-13H,2-4H2,1H3;4-5,7-10,12H,2-3,6,11H2,1H3;1-2,7-9H,6H2,3H3/b8-5+;;. The molecule has 0 radical (unpaired) electrons. The molecule has 7 rings (SSSR count). The third kappa shape index (κ3) is 9.46. The van der Waals surface area contributed by atoms with Crippen LogP contribution in [-0.2, 0) is 6.42 Å². The maximum atomic E-state index is 5.82. The van der Waals surface area contributed by atoms with E-state index in [0.717, 1.165) is 41.9 Å². The molecule has 0 saturated heterocycles. The zero-order valence-corrected chi connectivity index (χ0v) is 31.1. The maximum absolute atomic E-state index is 5.82. The van der Waals surface area contributed by atoms with Crippen molar-refractivity contribution in [2.75, 3.05) is 6.61 Å². The van der Waals surface area contributed by atoms with Gasteiger partial charge in [-0.1, -0.05) is 119 Å². The van der Waals surface area contributed by atoms with Crippen molar-refractivity contribution in [1.82, 2.24) is 0 Å². The molecular formula is C47H46OS2. The Morgan fingerprint density at radius 2 is 1.26 bits per heavy atom. The van der Waals surface area contributed by atoms with Crippen LogP contribution in [0, 0.1) is 24.7 Å². The molecule has 3 heteroatoms. The van der Waals surface area contributed by atoms with Crippen molar-refractivity contribution < 1.29 is 4.74 Å². The molecule has 0 N–H and O–H groups in total. The number of ether oxygens (including phenoxy) is 1. The van der Waals surface area contributed by atoms with Gasteiger partial charge in [0.2, 0.25) is 0 Å². The van der Waals surface area contributed by atoms with Crippen molar-refractivity contribution >= 4 is 69.1 Å². The van der Waals surface area contributed by atoms with Crippen LogP contribution in [0.3, 0.4) is 0 Å². The molecule has 7 aromatic rings. The van der Waals surface area contributed by atoms with Gasteiger partial charge in [0.1, 0.15) is 5.75 Å². The van der Waals surface area contributed by atoms with E-state index in [2.05, 4.69) is 130 Å². The van der Waals surface area contributed by atoms with E-state index < -0.39 is 0 Å². The second-order valence-corrected chi connectivity index (χ2v) is 14.4. The summed E-state index contributed by atoms with van der Waals surface area (Å²) in [4.78, 5) is 0. The van der Waals surface area contributed by atoms with Crippen LogP contribution in [0.1, 0.15) is 81.5 Å². The van der Waals surface area contributed by atoms with Crippen LogP contribution in [0.25, 0.3) is 46.4 Å². The summed E-state index contributed by atoms with van der Waals surface area (Å²) in [5.74, 6) is 6.21. The lowest BCUT2D eigenvalue weighted by Crippen LogP contribution is -1.96. The Hall–Kier alpha value is -4.80. The summed E-state index contributed by atoms with van der Waals surface area (Å²) in [7, 11) is 0. The first kappa shape index (κ1) is 36.5. The van der Waals surface area contributed by atoms with E-state index in [1.54, 1.807) is 0 Å². The molecule has 0 spiro atoms. The van der Waals surface area contributed by atoms with Gasteiger partial charge in [0.25, 0.3) is 0 Å². The van der Waals surface area contributed by atoms with Gasteiger partial charge in [0.15, 0.2) is 0 Å². The van der Waals surface area contributed by atoms with Crippen molar-refractivity contribution in [3.8, 4) is 30.4 Å². The van der Waals surface area contributed by atoms with E-state index in [-0.39, 0.29) is 0 Å². The van der Waals surface area contributed by atoms with Crippen molar-refractivity contribution in [3.63, 3.8) is 0 Å². The van der Waals surface area contributed by atoms with Crippen molar-refractivity contribution in [3.05, 3.63) is 131 Å². The molecule has 50 heavy (non-hydrogen) atoms. The van der Waals surface area contributed by atoms with E-state index in [9.17, 15) is 0 Å². The Balaban J connectivity index is 0.000000150. The zero-order valence-electron chi connectivity index (χ0n) is 29.5. The zero-order chi connectivity index (χ0) is 35.1. The molecule has 0 amide bonds. The first-order valence-electron chi connectivity index (χ1n) is 17.8. The van der Waals surface area contributed by atoms with Gasteiger partial charge in [-0.3, -0.25) is 0 Å². The number of aryl methyl sites for hydroxylation is 1. The van der Waals surface area contributed by atoms with Crippen LogP contribution in [0.5, 0.6) is 5.75 Å². The summed E-state index contributed by atoms with van der Waals surface area (Å²) in [6.07, 6.45) is 23.4. The molecular weight excluding hydrogens is 645 g/mol. The van der Waals surface area contributed by atoms with E-state index in [1.807, 2.05) is 40.9 Å². The molecule has 0 saturated carbocycles. The predicted octanol–water partition coefficient (Wildman–Crippen LogP) is 14.1. The maximum Gasteiger partial charge on any atom is 0.120 e. The molecule has 0 aliphatic heterocycles. The average molecular weight is 691 g/mol. The number of allylic oxidation sites excluding steroid dienone is 1. The normalized spacial score (nSPS) is 10.8. The topological polar surface area (TPSA) is 9.23 Å². The average Bonchev–Trinajstić information content (AvgIpc) is 3.73. The highest BCUT2D eigenvalue weighted by Gasteiger charge is 2.06. The van der Waals surface area contributed by atoms with Crippen LogP contribution >= 0.6 is 22.7 Å². The number of thiophene rings is 2. The Bertz CT molecular complexity index is 2270. The molecule has 0 aliphatic carbocycles. The molecule has 2 aromatic heterocycles. The first-order chi connectivity index (χ1) is 24.6. The highest BCUT2D eigenvalue weighted by Crippen LogP contribution is 2.36. The smallest absolute Gasteiger partial charge is 0.120 e. The van der Waals surface area contributed by atoms with Crippen molar-refractivity contribution in [1.29, 1.82) is 0 Å². The van der Waals surface area contributed by atoms with Gasteiger partial charge in [-0.05, 0) is 85.0 Å². The minimum Gasteiger partial charge on any atom is -0.494 e. The highest BCUT2D eigenvalue weighted by molar-refractivity contribution is 7.26. The summed E-state index contributed by atoms with van der Waals surface area (Å²) >= 11 is 3.73. The Labute approximate surface area is 306 Å². The molecule has 2 heterocycles. The molecule has 0 fully saturated rings. The number of hydrogen-bond acceptors (Lipinski definition) is 3. The Kier molecular flexibility index (Phi) is 13.7. The van der Waals surface area contributed by atoms with Crippen LogP contribution in [0.15, 0.2) is 109 Å². The van der Waals surface area contributed by atoms with Crippen LogP contribution in [0.4, 0.5) is 0 Å². The van der Waals surface area contributed by atoms with Crippen molar-refractivity contribution in [2.24, 2.45) is 0 Å². The van der Waals surface area contributed by atoms with E-state index in [1.165, 1.54) is 78.0 Å². The van der Waals surface area contributed by atoms with Crippen LogP contribution in [-0.4, -0.2) is 6.61 Å². The monoisotopic (exact) mass is 690 g/mol. The summed E-state index contributed by atoms with van der Waals surface area (Å²) < 4.78 is 11.2. The molecule has 1 nitrogen and oxygen atoms in total. The fourth-order valence-corrected chi connectivity index (χ4v) is 8.13. The molecule has 0 bridgehead atoms. The number of fused-ring (bicyclic) bond motifs is 6. The summed E-state index contributed by atoms with van der Waals surface area (Å²) in [5, 5.41) is 5.44. The second kappa shape index (κ2) is 18.8. The predicted molar refractivity (Wildman–Crippen MR) is 224 cm³/mol. The van der Waals surface area contributed by atoms with Gasteiger partial charge < -0.3 is 4.74 Å². The number of hydrogen-bond donors (Lipinski definition) is 0. The molecule has 0 aliphatic rings. The third-order valence-corrected chi connectivity index (χ3v) is 10.9. The molecule has 252 valence electrons. The van der Waals surface area contributed by atoms with Gasteiger partial charge in [-0.15, -0.1) is 35.5 Å². The van der Waals surface area contributed by atoms with E-state index in [4.69, 9.17) is 17.6 Å². The highest BCUT2D eigenvalue weighted by atomic mass is 32.1. The van der Waals surface area contributed by atoms with E-state index in [0.29, 0.717) is 0 Å². The van der Waals surface area contributed by atoms with Gasteiger partial charge in [0.05, 0.1) is 6.61 Å². The summed E-state index contributed by atoms with van der Waals surface area (Å²) in [6.45, 7) is 7.33. The van der Waals surface area contributed by atoms with Gasteiger partial charge >= 0.3 is 0 Å². The lowest BCUT2D eigenvalue weighted by atomic mass is 10.0. The molecule has 0 unspecified atom stereocenters. The van der Waals surface area contributed by atoms with Gasteiger partial charge in [-0.25, -0.2) is 0 Å². The number of benzene rings is 5. The second-order valence-electron chi connectivity index (χ2n) is 12.2. The third-order valence-electron chi connectivity index (χ3n) is 8.61. The summed E-state index contributed by atoms with van der Waals surface area (Å²) in [6, 6.07) is 36.2. The van der Waals surface area contributed by atoms with Crippen molar-refractivity contribution in [2.45, 2.75) is 65.7 Å². The largest absolute Gasteiger partial charge is 0.494 e. The fourth-order valence-electron chi connectivity index (χ4n) is 5.84. The summed E-state index contributed by atoms with van der Waals surface area (Å²) in [5.41, 5.74) is 4.30. The lowest BCUT2D eigenvalue weighted by molar-refractivity contribution is 0.306. The number of rotatable bonds is 10. The van der Waals surface area contributed by atoms with Crippen LogP contribution < -0.4 is 4.74 Å². The SMILES string of the molecule is C#Cc1ccc(C#C)c(CC)c1.CCCC/C=C/c1ccc2c(c1)sc1ccccc12.CCCCCOc1ccc2c(c1)sc1ccccc12. The number of unbranched alkanes of at least 4 members (excludes halogenated alkanes) is 4. The fraction of sp³-hybridized carbons (Fsp3) is 0.234. The quantitative estimate of drug-likeness (QED) is 0.103. The van der Waals surface area contributed by atoms with Gasteiger partial charge in [-0.2, -0.15) is 0 Å². The Morgan fingerprint density at radius 3 is 1.90 bits per heavy atom. The minimum absolute atomic E-state index is 0.824. The van der Waals surface area contributed by atoms with Gasteiger partial charge in [0, 0.05) is 51.5 Å². The number of terminal acetylenes is 2. The Morgan fingerprint density at radius 1 is 0.620 bits per heavy atom. The minimum atomic E-state index is 0.824.